The first kappa shape index (κ1) is 19.3. The quantitative estimate of drug-likeness (QED) is 0.649. The highest BCUT2D eigenvalue weighted by Crippen LogP contribution is 2.23. The van der Waals surface area contributed by atoms with Gasteiger partial charge in [-0.2, -0.15) is 0 Å². The number of nitrogens with zero attached hydrogens (tertiary/aromatic N) is 4. The maximum atomic E-state index is 12.8. The maximum Gasteiger partial charge on any atom is 0.573 e. The van der Waals surface area contributed by atoms with E-state index in [-0.39, 0.29) is 18.2 Å². The number of aromatic nitrogens is 4. The molecule has 1 aromatic heterocycles. The molecule has 0 saturated heterocycles. The Morgan fingerprint density at radius 2 is 1.75 bits per heavy atom. The molecule has 3 aromatic rings. The van der Waals surface area contributed by atoms with Crippen LogP contribution in [0.4, 0.5) is 17.6 Å². The summed E-state index contributed by atoms with van der Waals surface area (Å²) < 4.78 is 53.1. The minimum Gasteiger partial charge on any atom is -0.406 e. The van der Waals surface area contributed by atoms with Gasteiger partial charge < -0.3 is 10.1 Å². The number of amides is 1. The van der Waals surface area contributed by atoms with Crippen molar-refractivity contribution in [1.82, 2.24) is 25.5 Å². The molecule has 7 nitrogen and oxygen atoms in total. The summed E-state index contributed by atoms with van der Waals surface area (Å²) in [5, 5.41) is 13.8. The van der Waals surface area contributed by atoms with Gasteiger partial charge in [-0.15, -0.1) is 28.2 Å². The first-order valence-corrected chi connectivity index (χ1v) is 7.99. The predicted octanol–water partition coefficient (Wildman–Crippen LogP) is 2.67. The van der Waals surface area contributed by atoms with Gasteiger partial charge in [0.15, 0.2) is 0 Å². The number of hydrogen-bond donors (Lipinski definition) is 1. The third kappa shape index (κ3) is 5.25. The van der Waals surface area contributed by atoms with Crippen LogP contribution in [0.1, 0.15) is 16.2 Å². The van der Waals surface area contributed by atoms with Crippen LogP contribution in [0.3, 0.4) is 0 Å². The Morgan fingerprint density at radius 3 is 2.39 bits per heavy atom. The highest BCUT2D eigenvalue weighted by Gasteiger charge is 2.31. The zero-order valence-electron chi connectivity index (χ0n) is 14.2. The number of alkyl halides is 3. The van der Waals surface area contributed by atoms with E-state index in [1.165, 1.54) is 24.3 Å². The zero-order valence-corrected chi connectivity index (χ0v) is 14.2. The van der Waals surface area contributed by atoms with Crippen LogP contribution in [0.15, 0.2) is 48.5 Å². The van der Waals surface area contributed by atoms with E-state index in [0.29, 0.717) is 12.1 Å². The molecule has 0 aliphatic rings. The fourth-order valence-electron chi connectivity index (χ4n) is 2.25. The standard InChI is InChI=1S/C17H13F4N5O2/c18-12-3-1-11(2-4-12)9-10-22-16(27)15-23-25-26(24-15)13-5-7-14(8-6-13)28-17(19,20)21/h1-8H,9-10H2,(H,22,27). The van der Waals surface area contributed by atoms with Crippen LogP contribution in [0, 0.1) is 5.82 Å². The minimum absolute atomic E-state index is 0.199. The molecule has 2 aromatic carbocycles. The SMILES string of the molecule is O=C(NCCc1ccc(F)cc1)c1nnn(-c2ccc(OC(F)(F)F)cc2)n1. The van der Waals surface area contributed by atoms with Crippen LogP contribution in [0.5, 0.6) is 5.75 Å². The van der Waals surface area contributed by atoms with Crippen molar-refractivity contribution in [3.05, 3.63) is 65.7 Å². The smallest absolute Gasteiger partial charge is 0.406 e. The molecule has 1 N–H and O–H groups in total. The Morgan fingerprint density at radius 1 is 1.07 bits per heavy atom. The van der Waals surface area contributed by atoms with E-state index in [0.717, 1.165) is 22.5 Å². The van der Waals surface area contributed by atoms with Gasteiger partial charge in [-0.05, 0) is 53.6 Å². The van der Waals surface area contributed by atoms with Crippen LogP contribution in [-0.2, 0) is 6.42 Å². The van der Waals surface area contributed by atoms with E-state index in [1.807, 2.05) is 0 Å². The van der Waals surface area contributed by atoms with Crippen molar-refractivity contribution in [2.75, 3.05) is 6.54 Å². The summed E-state index contributed by atoms with van der Waals surface area (Å²) in [6, 6.07) is 10.6. The van der Waals surface area contributed by atoms with Gasteiger partial charge >= 0.3 is 6.36 Å². The molecule has 0 aliphatic heterocycles. The van der Waals surface area contributed by atoms with Crippen molar-refractivity contribution < 1.29 is 27.1 Å². The molecule has 1 amide bonds. The molecule has 0 saturated carbocycles. The largest absolute Gasteiger partial charge is 0.573 e. The summed E-state index contributed by atoms with van der Waals surface area (Å²) in [5.41, 5.74) is 1.15. The second-order valence-corrected chi connectivity index (χ2v) is 5.58. The average Bonchev–Trinajstić information content (AvgIpc) is 3.13. The molecular weight excluding hydrogens is 382 g/mol. The van der Waals surface area contributed by atoms with Crippen molar-refractivity contribution in [2.45, 2.75) is 12.8 Å². The molecule has 0 atom stereocenters. The van der Waals surface area contributed by atoms with Crippen LogP contribution >= 0.6 is 0 Å². The predicted molar refractivity (Wildman–Crippen MR) is 88.3 cm³/mol. The van der Waals surface area contributed by atoms with Gasteiger partial charge in [0.1, 0.15) is 11.6 Å². The highest BCUT2D eigenvalue weighted by molar-refractivity contribution is 5.90. The van der Waals surface area contributed by atoms with Crippen LogP contribution < -0.4 is 10.1 Å². The van der Waals surface area contributed by atoms with E-state index < -0.39 is 18.0 Å². The van der Waals surface area contributed by atoms with Crippen LogP contribution in [-0.4, -0.2) is 39.0 Å². The molecule has 0 aliphatic carbocycles. The maximum absolute atomic E-state index is 12.8. The van der Waals surface area contributed by atoms with Gasteiger partial charge in [0, 0.05) is 6.54 Å². The van der Waals surface area contributed by atoms with Crippen molar-refractivity contribution in [1.29, 1.82) is 0 Å². The number of halogens is 4. The van der Waals surface area contributed by atoms with Crippen molar-refractivity contribution in [3.63, 3.8) is 0 Å². The lowest BCUT2D eigenvalue weighted by Gasteiger charge is -2.08. The summed E-state index contributed by atoms with van der Waals surface area (Å²) in [4.78, 5) is 13.1. The normalized spacial score (nSPS) is 11.3. The Balaban J connectivity index is 1.57. The van der Waals surface area contributed by atoms with Crippen LogP contribution in [0.2, 0.25) is 0 Å². The van der Waals surface area contributed by atoms with E-state index >= 15 is 0 Å². The molecule has 11 heteroatoms. The average molecular weight is 395 g/mol. The van der Waals surface area contributed by atoms with Gasteiger partial charge in [-0.1, -0.05) is 12.1 Å². The van der Waals surface area contributed by atoms with E-state index in [9.17, 15) is 22.4 Å². The fraction of sp³-hybridized carbons (Fsp3) is 0.176. The summed E-state index contributed by atoms with van der Waals surface area (Å²) in [6.45, 7) is 0.280. The molecule has 146 valence electrons. The third-order valence-corrected chi connectivity index (χ3v) is 3.53. The lowest BCUT2D eigenvalue weighted by Crippen LogP contribution is -2.26. The number of hydrogen-bond acceptors (Lipinski definition) is 5. The third-order valence-electron chi connectivity index (χ3n) is 3.53. The van der Waals surface area contributed by atoms with Crippen molar-refractivity contribution in [3.8, 4) is 11.4 Å². The summed E-state index contributed by atoms with van der Waals surface area (Å²) >= 11 is 0. The Hall–Kier alpha value is -3.50. The molecule has 1 heterocycles. The topological polar surface area (TPSA) is 81.9 Å². The Labute approximate surface area is 155 Å². The fourth-order valence-corrected chi connectivity index (χ4v) is 2.25. The second-order valence-electron chi connectivity index (χ2n) is 5.58. The lowest BCUT2D eigenvalue weighted by molar-refractivity contribution is -0.274. The number of carbonyl (C=O) groups excluding carboxylic acids is 1. The van der Waals surface area contributed by atoms with E-state index in [4.69, 9.17) is 0 Å². The van der Waals surface area contributed by atoms with Gasteiger partial charge in [0.25, 0.3) is 11.7 Å². The van der Waals surface area contributed by atoms with E-state index in [2.05, 4.69) is 25.5 Å². The summed E-state index contributed by atoms with van der Waals surface area (Å²) in [5.74, 6) is -1.50. The minimum atomic E-state index is -4.79. The zero-order chi connectivity index (χ0) is 20.1. The number of rotatable bonds is 6. The van der Waals surface area contributed by atoms with Crippen molar-refractivity contribution in [2.24, 2.45) is 0 Å². The Bertz CT molecular complexity index is 939. The second kappa shape index (κ2) is 8.03. The van der Waals surface area contributed by atoms with Gasteiger partial charge in [0.2, 0.25) is 0 Å². The number of ether oxygens (including phenoxy) is 1. The first-order chi connectivity index (χ1) is 13.3. The van der Waals surface area contributed by atoms with Crippen LogP contribution in [0.25, 0.3) is 5.69 Å². The molecule has 0 radical (unpaired) electrons. The molecular formula is C17H13F4N5O2. The van der Waals surface area contributed by atoms with E-state index in [1.54, 1.807) is 12.1 Å². The first-order valence-electron chi connectivity index (χ1n) is 7.99. The molecule has 0 spiro atoms. The molecule has 28 heavy (non-hydrogen) atoms. The van der Waals surface area contributed by atoms with Crippen molar-refractivity contribution >= 4 is 5.91 Å². The molecule has 0 bridgehead atoms. The van der Waals surface area contributed by atoms with Gasteiger partial charge in [0.05, 0.1) is 5.69 Å². The highest BCUT2D eigenvalue weighted by atomic mass is 19.4. The number of nitrogens with one attached hydrogen (secondary N) is 1. The lowest BCUT2D eigenvalue weighted by atomic mass is 10.1. The number of carbonyl (C=O) groups is 1. The Kier molecular flexibility index (Phi) is 5.52. The van der Waals surface area contributed by atoms with Gasteiger partial charge in [-0.3, -0.25) is 4.79 Å². The molecule has 0 fully saturated rings. The van der Waals surface area contributed by atoms with Gasteiger partial charge in [-0.25, -0.2) is 4.39 Å². The monoisotopic (exact) mass is 395 g/mol. The number of benzene rings is 2. The molecule has 3 rings (SSSR count). The summed E-state index contributed by atoms with van der Waals surface area (Å²) in [7, 11) is 0. The summed E-state index contributed by atoms with van der Waals surface area (Å²) in [6.07, 6.45) is -4.30. The molecule has 0 unspecified atom stereocenters. The number of tetrazole rings is 1.